The maximum atomic E-state index is 13.4. The molecule has 1 aromatic rings. The number of rotatable bonds is 2. The third-order valence-corrected chi connectivity index (χ3v) is 4.75. The van der Waals surface area contributed by atoms with Gasteiger partial charge in [-0.1, -0.05) is 0 Å². The SMILES string of the molecule is CC1(C)OB(c2cc(F)cnc2S(C)(=O)=O)OC1(C)C. The number of hydrogen-bond acceptors (Lipinski definition) is 5. The average molecular weight is 301 g/mol. The first kappa shape index (κ1) is 15.4. The summed E-state index contributed by atoms with van der Waals surface area (Å²) in [4.78, 5) is 3.67. The van der Waals surface area contributed by atoms with E-state index in [1.54, 1.807) is 0 Å². The number of halogens is 1. The van der Waals surface area contributed by atoms with E-state index < -0.39 is 34.0 Å². The van der Waals surface area contributed by atoms with E-state index in [1.165, 1.54) is 0 Å². The van der Waals surface area contributed by atoms with E-state index in [0.717, 1.165) is 18.5 Å². The number of nitrogens with zero attached hydrogens (tertiary/aromatic N) is 1. The minimum Gasteiger partial charge on any atom is -0.399 e. The van der Waals surface area contributed by atoms with E-state index in [4.69, 9.17) is 9.31 Å². The van der Waals surface area contributed by atoms with Crippen LogP contribution in [0.5, 0.6) is 0 Å². The molecule has 20 heavy (non-hydrogen) atoms. The summed E-state index contributed by atoms with van der Waals surface area (Å²) in [6.45, 7) is 7.33. The first-order valence-corrected chi connectivity index (χ1v) is 8.04. The van der Waals surface area contributed by atoms with Crippen molar-refractivity contribution in [2.75, 3.05) is 6.26 Å². The molecule has 5 nitrogen and oxygen atoms in total. The van der Waals surface area contributed by atoms with E-state index in [0.29, 0.717) is 0 Å². The summed E-state index contributed by atoms with van der Waals surface area (Å²) in [5, 5.41) is -0.225. The lowest BCUT2D eigenvalue weighted by Gasteiger charge is -2.32. The molecule has 0 bridgehead atoms. The maximum Gasteiger partial charge on any atom is 0.497 e. The quantitative estimate of drug-likeness (QED) is 0.760. The molecule has 0 aromatic carbocycles. The van der Waals surface area contributed by atoms with Crippen LogP contribution in [0.15, 0.2) is 17.3 Å². The van der Waals surface area contributed by atoms with Crippen LogP contribution in [-0.4, -0.2) is 38.0 Å². The molecule has 0 radical (unpaired) electrons. The zero-order valence-corrected chi connectivity index (χ0v) is 12.9. The third kappa shape index (κ3) is 2.59. The van der Waals surface area contributed by atoms with E-state index >= 15 is 0 Å². The first-order chi connectivity index (χ1) is 8.94. The van der Waals surface area contributed by atoms with Gasteiger partial charge in [-0.3, -0.25) is 0 Å². The van der Waals surface area contributed by atoms with Gasteiger partial charge >= 0.3 is 7.12 Å². The number of hydrogen-bond donors (Lipinski definition) is 0. The Morgan fingerprint density at radius 2 is 1.70 bits per heavy atom. The monoisotopic (exact) mass is 301 g/mol. The second-order valence-corrected chi connectivity index (χ2v) is 7.84. The number of pyridine rings is 1. The lowest BCUT2D eigenvalue weighted by molar-refractivity contribution is 0.00578. The molecular formula is C12H17BFNO4S. The van der Waals surface area contributed by atoms with Gasteiger partial charge in [0, 0.05) is 11.7 Å². The minimum absolute atomic E-state index is 0.0890. The van der Waals surface area contributed by atoms with Crippen LogP contribution >= 0.6 is 0 Å². The highest BCUT2D eigenvalue weighted by atomic mass is 32.2. The molecule has 0 aliphatic carbocycles. The smallest absolute Gasteiger partial charge is 0.399 e. The zero-order chi connectivity index (χ0) is 15.3. The van der Waals surface area contributed by atoms with Gasteiger partial charge in [0.2, 0.25) is 0 Å². The van der Waals surface area contributed by atoms with Gasteiger partial charge in [-0.25, -0.2) is 17.8 Å². The molecule has 1 aliphatic rings. The van der Waals surface area contributed by atoms with Gasteiger partial charge in [-0.15, -0.1) is 0 Å². The van der Waals surface area contributed by atoms with Crippen LogP contribution in [0.1, 0.15) is 27.7 Å². The fourth-order valence-corrected chi connectivity index (χ4v) is 2.72. The van der Waals surface area contributed by atoms with Crippen LogP contribution in [0, 0.1) is 5.82 Å². The van der Waals surface area contributed by atoms with Crippen molar-refractivity contribution in [3.63, 3.8) is 0 Å². The zero-order valence-electron chi connectivity index (χ0n) is 12.1. The van der Waals surface area contributed by atoms with Crippen molar-refractivity contribution in [1.82, 2.24) is 4.98 Å². The Morgan fingerprint density at radius 3 is 2.15 bits per heavy atom. The Kier molecular flexibility index (Phi) is 3.47. The highest BCUT2D eigenvalue weighted by Gasteiger charge is 2.53. The molecule has 0 saturated carbocycles. The van der Waals surface area contributed by atoms with Gasteiger partial charge < -0.3 is 9.31 Å². The molecule has 0 N–H and O–H groups in total. The third-order valence-electron chi connectivity index (χ3n) is 3.70. The molecule has 1 aliphatic heterocycles. The topological polar surface area (TPSA) is 65.5 Å². The molecule has 0 spiro atoms. The van der Waals surface area contributed by atoms with Crippen LogP contribution in [0.4, 0.5) is 4.39 Å². The van der Waals surface area contributed by atoms with Crippen molar-refractivity contribution < 1.29 is 22.1 Å². The van der Waals surface area contributed by atoms with Gasteiger partial charge in [0.1, 0.15) is 5.82 Å². The molecule has 2 heterocycles. The molecule has 8 heteroatoms. The van der Waals surface area contributed by atoms with Gasteiger partial charge in [0.05, 0.1) is 17.4 Å². The average Bonchev–Trinajstić information content (AvgIpc) is 2.46. The number of aromatic nitrogens is 1. The standard InChI is InChI=1S/C12H17BFNO4S/c1-11(2)12(3,4)19-13(18-11)9-6-8(14)7-15-10(9)20(5,16)17/h6-7H,1-5H3. The van der Waals surface area contributed by atoms with Crippen molar-refractivity contribution in [3.8, 4) is 0 Å². The molecule has 0 unspecified atom stereocenters. The van der Waals surface area contributed by atoms with E-state index in [1.807, 2.05) is 27.7 Å². The van der Waals surface area contributed by atoms with Crippen molar-refractivity contribution in [1.29, 1.82) is 0 Å². The fraction of sp³-hybridized carbons (Fsp3) is 0.583. The van der Waals surface area contributed by atoms with Crippen LogP contribution in [0.2, 0.25) is 0 Å². The van der Waals surface area contributed by atoms with E-state index in [2.05, 4.69) is 4.98 Å². The predicted octanol–water partition coefficient (Wildman–Crippen LogP) is 0.923. The van der Waals surface area contributed by atoms with Gasteiger partial charge in [0.25, 0.3) is 0 Å². The Hall–Kier alpha value is -0.985. The highest BCUT2D eigenvalue weighted by molar-refractivity contribution is 7.90. The van der Waals surface area contributed by atoms with E-state index in [-0.39, 0.29) is 10.5 Å². The van der Waals surface area contributed by atoms with Crippen molar-refractivity contribution in [2.24, 2.45) is 0 Å². The molecule has 1 saturated heterocycles. The highest BCUT2D eigenvalue weighted by Crippen LogP contribution is 2.36. The Balaban J connectivity index is 2.53. The lowest BCUT2D eigenvalue weighted by atomic mass is 9.80. The second-order valence-electron chi connectivity index (χ2n) is 5.91. The van der Waals surface area contributed by atoms with Crippen molar-refractivity contribution in [2.45, 2.75) is 43.9 Å². The summed E-state index contributed by atoms with van der Waals surface area (Å²) in [7, 11) is -4.56. The van der Waals surface area contributed by atoms with Crippen LogP contribution in [0.3, 0.4) is 0 Å². The molecule has 0 amide bonds. The van der Waals surface area contributed by atoms with Gasteiger partial charge in [-0.2, -0.15) is 0 Å². The number of sulfone groups is 1. The molecular weight excluding hydrogens is 284 g/mol. The second kappa shape index (κ2) is 4.51. The summed E-state index contributed by atoms with van der Waals surface area (Å²) >= 11 is 0. The maximum absolute atomic E-state index is 13.4. The summed E-state index contributed by atoms with van der Waals surface area (Å²) in [5.41, 5.74) is -1.19. The molecule has 110 valence electrons. The van der Waals surface area contributed by atoms with Gasteiger partial charge in [0.15, 0.2) is 14.9 Å². The summed E-state index contributed by atoms with van der Waals surface area (Å²) in [6.07, 6.45) is 1.88. The van der Waals surface area contributed by atoms with Crippen LogP contribution in [-0.2, 0) is 19.1 Å². The Morgan fingerprint density at radius 1 is 1.20 bits per heavy atom. The Bertz CT molecular complexity index is 629. The Labute approximate surface area is 118 Å². The normalized spacial score (nSPS) is 21.2. The summed E-state index contributed by atoms with van der Waals surface area (Å²) in [6, 6.07) is 1.09. The van der Waals surface area contributed by atoms with Crippen molar-refractivity contribution in [3.05, 3.63) is 18.1 Å². The van der Waals surface area contributed by atoms with Gasteiger partial charge in [-0.05, 0) is 33.8 Å². The lowest BCUT2D eigenvalue weighted by Crippen LogP contribution is -2.41. The summed E-state index contributed by atoms with van der Waals surface area (Å²) in [5.74, 6) is -0.637. The fourth-order valence-electron chi connectivity index (χ4n) is 1.89. The summed E-state index contributed by atoms with van der Waals surface area (Å²) < 4.78 is 48.4. The van der Waals surface area contributed by atoms with Crippen molar-refractivity contribution >= 4 is 22.4 Å². The molecule has 1 aromatic heterocycles. The van der Waals surface area contributed by atoms with Crippen LogP contribution in [0.25, 0.3) is 0 Å². The molecule has 2 rings (SSSR count). The first-order valence-electron chi connectivity index (χ1n) is 6.15. The molecule has 1 fully saturated rings. The molecule has 0 atom stereocenters. The van der Waals surface area contributed by atoms with E-state index in [9.17, 15) is 12.8 Å². The van der Waals surface area contributed by atoms with Crippen LogP contribution < -0.4 is 5.46 Å². The minimum atomic E-state index is -3.60. The largest absolute Gasteiger partial charge is 0.497 e. The predicted molar refractivity (Wildman–Crippen MR) is 73.0 cm³/mol.